The minimum atomic E-state index is -0.673. The molecule has 0 aliphatic carbocycles. The molecule has 0 atom stereocenters. The predicted molar refractivity (Wildman–Crippen MR) is 110 cm³/mol. The number of nitrogens with zero attached hydrogens (tertiary/aromatic N) is 1. The van der Waals surface area contributed by atoms with Crippen LogP contribution >= 0.6 is 27.7 Å². The molecular formula is C20H15BrFNO5S. The van der Waals surface area contributed by atoms with Crippen LogP contribution < -0.4 is 4.74 Å². The molecule has 2 amide bonds. The summed E-state index contributed by atoms with van der Waals surface area (Å²) in [5.74, 6) is -1.07. The third-order valence-corrected chi connectivity index (χ3v) is 5.51. The van der Waals surface area contributed by atoms with Crippen LogP contribution in [0.2, 0.25) is 0 Å². The summed E-state index contributed by atoms with van der Waals surface area (Å²) < 4.78 is 24.4. The molecule has 1 heterocycles. The Balaban J connectivity index is 1.71. The predicted octanol–water partition coefficient (Wildman–Crippen LogP) is 4.38. The second kappa shape index (κ2) is 9.23. The molecule has 0 unspecified atom stereocenters. The molecule has 3 rings (SSSR count). The van der Waals surface area contributed by atoms with Crippen LogP contribution in [0.3, 0.4) is 0 Å². The van der Waals surface area contributed by atoms with Gasteiger partial charge in [0.05, 0.1) is 16.5 Å². The first-order chi connectivity index (χ1) is 13.9. The third-order valence-electron chi connectivity index (χ3n) is 3.98. The first-order valence-electron chi connectivity index (χ1n) is 8.37. The van der Waals surface area contributed by atoms with Crippen LogP contribution in [0.4, 0.5) is 9.18 Å². The molecular weight excluding hydrogens is 465 g/mol. The summed E-state index contributed by atoms with van der Waals surface area (Å²) in [5.41, 5.74) is 1.08. The molecule has 0 aromatic heterocycles. The van der Waals surface area contributed by atoms with Gasteiger partial charge in [-0.3, -0.25) is 19.3 Å². The SMILES string of the molecule is COC(=O)CN1C(=O)S/C(=C/c2ccc(OCc3ccccc3F)c(Br)c2)C1=O. The molecule has 150 valence electrons. The number of hydrogen-bond donors (Lipinski definition) is 0. The van der Waals surface area contributed by atoms with Gasteiger partial charge in [-0.2, -0.15) is 0 Å². The van der Waals surface area contributed by atoms with Crippen LogP contribution in [-0.2, 0) is 20.9 Å². The van der Waals surface area contributed by atoms with Crippen molar-refractivity contribution in [1.29, 1.82) is 0 Å². The van der Waals surface area contributed by atoms with E-state index in [-0.39, 0.29) is 17.3 Å². The summed E-state index contributed by atoms with van der Waals surface area (Å²) >= 11 is 4.14. The van der Waals surface area contributed by atoms with Gasteiger partial charge in [-0.25, -0.2) is 4.39 Å². The molecule has 1 fully saturated rings. The summed E-state index contributed by atoms with van der Waals surface area (Å²) in [6.07, 6.45) is 1.55. The number of imide groups is 1. The Bertz CT molecular complexity index is 1010. The standard InChI is InChI=1S/C20H15BrFNO5S/c1-27-18(24)10-23-19(25)17(29-20(23)26)9-12-6-7-16(14(21)8-12)28-11-13-4-2-3-5-15(13)22/h2-9H,10-11H2,1H3/b17-9+. The van der Waals surface area contributed by atoms with E-state index in [4.69, 9.17) is 4.74 Å². The van der Waals surface area contributed by atoms with Crippen LogP contribution in [0.25, 0.3) is 6.08 Å². The van der Waals surface area contributed by atoms with E-state index in [0.717, 1.165) is 16.7 Å². The van der Waals surface area contributed by atoms with Crippen molar-refractivity contribution in [2.75, 3.05) is 13.7 Å². The van der Waals surface area contributed by atoms with Gasteiger partial charge in [0.15, 0.2) is 0 Å². The molecule has 9 heteroatoms. The Kier molecular flexibility index (Phi) is 6.71. The number of ether oxygens (including phenoxy) is 2. The van der Waals surface area contributed by atoms with Crippen LogP contribution in [0.1, 0.15) is 11.1 Å². The fourth-order valence-electron chi connectivity index (χ4n) is 2.48. The number of carbonyl (C=O) groups excluding carboxylic acids is 3. The van der Waals surface area contributed by atoms with Crippen molar-refractivity contribution in [3.63, 3.8) is 0 Å². The fourth-order valence-corrected chi connectivity index (χ4v) is 3.83. The zero-order valence-electron chi connectivity index (χ0n) is 15.2. The quantitative estimate of drug-likeness (QED) is 0.452. The number of carbonyl (C=O) groups is 3. The highest BCUT2D eigenvalue weighted by molar-refractivity contribution is 9.10. The zero-order valence-corrected chi connectivity index (χ0v) is 17.6. The third kappa shape index (κ3) is 5.04. The first kappa shape index (κ1) is 21.1. The monoisotopic (exact) mass is 479 g/mol. The number of hydrogen-bond acceptors (Lipinski definition) is 6. The van der Waals surface area contributed by atoms with Crippen LogP contribution in [0.15, 0.2) is 51.8 Å². The van der Waals surface area contributed by atoms with E-state index >= 15 is 0 Å². The lowest BCUT2D eigenvalue weighted by atomic mass is 10.2. The molecule has 0 N–H and O–H groups in total. The van der Waals surface area contributed by atoms with Gasteiger partial charge in [0, 0.05) is 5.56 Å². The smallest absolute Gasteiger partial charge is 0.325 e. The summed E-state index contributed by atoms with van der Waals surface area (Å²) in [6.45, 7) is -0.359. The molecule has 0 saturated carbocycles. The summed E-state index contributed by atoms with van der Waals surface area (Å²) in [7, 11) is 1.19. The van der Waals surface area contributed by atoms with E-state index in [2.05, 4.69) is 20.7 Å². The molecule has 0 spiro atoms. The number of esters is 1. The van der Waals surface area contributed by atoms with E-state index in [0.29, 0.717) is 21.3 Å². The molecule has 29 heavy (non-hydrogen) atoms. The van der Waals surface area contributed by atoms with Crippen molar-refractivity contribution in [1.82, 2.24) is 4.90 Å². The van der Waals surface area contributed by atoms with Gasteiger partial charge >= 0.3 is 5.97 Å². The van der Waals surface area contributed by atoms with E-state index in [1.54, 1.807) is 42.5 Å². The number of halogens is 2. The average Bonchev–Trinajstić information content (AvgIpc) is 2.95. The fraction of sp³-hybridized carbons (Fsp3) is 0.150. The van der Waals surface area contributed by atoms with Crippen molar-refractivity contribution in [3.8, 4) is 5.75 Å². The van der Waals surface area contributed by atoms with Crippen molar-refractivity contribution in [2.24, 2.45) is 0 Å². The number of benzene rings is 2. The maximum Gasteiger partial charge on any atom is 0.325 e. The van der Waals surface area contributed by atoms with E-state index < -0.39 is 23.7 Å². The van der Waals surface area contributed by atoms with Gasteiger partial charge in [-0.05, 0) is 57.5 Å². The van der Waals surface area contributed by atoms with E-state index in [1.165, 1.54) is 13.2 Å². The van der Waals surface area contributed by atoms with Gasteiger partial charge in [-0.1, -0.05) is 24.3 Å². The van der Waals surface area contributed by atoms with E-state index in [1.807, 2.05) is 0 Å². The lowest BCUT2D eigenvalue weighted by Crippen LogP contribution is -2.34. The van der Waals surface area contributed by atoms with Crippen LogP contribution in [-0.4, -0.2) is 35.7 Å². The van der Waals surface area contributed by atoms with Gasteiger partial charge in [0.2, 0.25) is 0 Å². The number of methoxy groups -OCH3 is 1. The Morgan fingerprint density at radius 3 is 2.69 bits per heavy atom. The zero-order chi connectivity index (χ0) is 21.0. The summed E-state index contributed by atoms with van der Waals surface area (Å²) in [5, 5.41) is -0.532. The number of amides is 2. The van der Waals surface area contributed by atoms with Crippen molar-refractivity contribution < 1.29 is 28.2 Å². The lowest BCUT2D eigenvalue weighted by Gasteiger charge is -2.10. The maximum absolute atomic E-state index is 13.7. The molecule has 2 aromatic rings. The highest BCUT2D eigenvalue weighted by Crippen LogP contribution is 2.34. The molecule has 1 aliphatic heterocycles. The molecule has 1 aliphatic rings. The first-order valence-corrected chi connectivity index (χ1v) is 9.98. The Labute approximate surface area is 178 Å². The molecule has 1 saturated heterocycles. The summed E-state index contributed by atoms with van der Waals surface area (Å²) in [4.78, 5) is 36.7. The van der Waals surface area contributed by atoms with Crippen LogP contribution in [0, 0.1) is 5.82 Å². The summed E-state index contributed by atoms with van der Waals surface area (Å²) in [6, 6.07) is 11.4. The Hall–Kier alpha value is -2.65. The molecule has 0 bridgehead atoms. The van der Waals surface area contributed by atoms with Crippen LogP contribution in [0.5, 0.6) is 5.75 Å². The van der Waals surface area contributed by atoms with Crippen molar-refractivity contribution in [2.45, 2.75) is 6.61 Å². The maximum atomic E-state index is 13.7. The van der Waals surface area contributed by atoms with Gasteiger partial charge in [0.1, 0.15) is 24.7 Å². The Morgan fingerprint density at radius 1 is 1.24 bits per heavy atom. The number of thioether (sulfide) groups is 1. The topological polar surface area (TPSA) is 72.9 Å². The molecule has 0 radical (unpaired) electrons. The van der Waals surface area contributed by atoms with Crippen molar-refractivity contribution in [3.05, 3.63) is 68.8 Å². The second-order valence-electron chi connectivity index (χ2n) is 5.91. The minimum Gasteiger partial charge on any atom is -0.488 e. The molecule has 6 nitrogen and oxygen atoms in total. The van der Waals surface area contributed by atoms with E-state index in [9.17, 15) is 18.8 Å². The largest absolute Gasteiger partial charge is 0.488 e. The minimum absolute atomic E-state index is 0.0665. The normalized spacial score (nSPS) is 15.1. The number of rotatable bonds is 6. The average molecular weight is 480 g/mol. The molecule has 2 aromatic carbocycles. The highest BCUT2D eigenvalue weighted by atomic mass is 79.9. The Morgan fingerprint density at radius 2 is 2.00 bits per heavy atom. The second-order valence-corrected chi connectivity index (χ2v) is 7.76. The van der Waals surface area contributed by atoms with Gasteiger partial charge in [-0.15, -0.1) is 0 Å². The lowest BCUT2D eigenvalue weighted by molar-refractivity contribution is -0.143. The van der Waals surface area contributed by atoms with Gasteiger partial charge < -0.3 is 9.47 Å². The highest BCUT2D eigenvalue weighted by Gasteiger charge is 2.36. The van der Waals surface area contributed by atoms with Gasteiger partial charge in [0.25, 0.3) is 11.1 Å². The van der Waals surface area contributed by atoms with Crippen molar-refractivity contribution >= 4 is 50.9 Å².